The largest absolute Gasteiger partial charge is 0.455 e. The quantitative estimate of drug-likeness (QED) is 0.145. The maximum Gasteiger partial charge on any atom is 0.307 e. The van der Waals surface area contributed by atoms with E-state index >= 15 is 0 Å². The first-order valence-corrected chi connectivity index (χ1v) is 15.0. The van der Waals surface area contributed by atoms with Crippen molar-refractivity contribution in [1.82, 2.24) is 15.1 Å². The van der Waals surface area contributed by atoms with Crippen LogP contribution in [0.15, 0.2) is 60.7 Å². The third-order valence-corrected chi connectivity index (χ3v) is 7.26. The second kappa shape index (κ2) is 18.7. The Balaban J connectivity index is 1.51. The molecule has 2 aromatic rings. The van der Waals surface area contributed by atoms with Crippen LogP contribution >= 0.6 is 0 Å². The molecule has 3 rings (SSSR count). The first kappa shape index (κ1) is 34.6. The fourth-order valence-electron chi connectivity index (χ4n) is 4.91. The Morgan fingerprint density at radius 2 is 1.42 bits per heavy atom. The minimum absolute atomic E-state index is 0.00498. The molecule has 2 aromatic carbocycles. The number of esters is 2. The molecule has 0 spiro atoms. The molecule has 43 heavy (non-hydrogen) atoms. The van der Waals surface area contributed by atoms with E-state index in [2.05, 4.69) is 34.3 Å². The molecule has 1 heterocycles. The lowest BCUT2D eigenvalue weighted by Gasteiger charge is -2.41. The highest BCUT2D eigenvalue weighted by Crippen LogP contribution is 2.26. The number of nitrogens with one attached hydrogen (secondary N) is 1. The lowest BCUT2D eigenvalue weighted by atomic mass is 9.98. The number of carbonyl (C=O) groups excluding carboxylic acids is 2. The molecule has 2 unspecified atom stereocenters. The third kappa shape index (κ3) is 12.0. The topological polar surface area (TPSA) is 141 Å². The summed E-state index contributed by atoms with van der Waals surface area (Å²) in [6.07, 6.45) is -6.51. The first-order valence-electron chi connectivity index (χ1n) is 15.0. The smallest absolute Gasteiger partial charge is 0.307 e. The number of benzene rings is 2. The van der Waals surface area contributed by atoms with Gasteiger partial charge < -0.3 is 39.7 Å². The molecule has 1 aliphatic heterocycles. The summed E-state index contributed by atoms with van der Waals surface area (Å²) in [6, 6.07) is 20.3. The number of rotatable bonds is 18. The third-order valence-electron chi connectivity index (χ3n) is 7.26. The molecular weight excluding hydrogens is 554 g/mol. The summed E-state index contributed by atoms with van der Waals surface area (Å²) in [7, 11) is 2.09. The SMILES string of the molecule is CCCC(=O)O[C@@H]1C(OC(=O)CCN(CCNCCN(C)Cc2ccccc2)Cc2ccccc2)[C@H](O)OC(CO)[C@H]1O. The van der Waals surface area contributed by atoms with Crippen LogP contribution in [0.1, 0.15) is 37.3 Å². The second-order valence-corrected chi connectivity index (χ2v) is 10.9. The van der Waals surface area contributed by atoms with Gasteiger partial charge in [0.2, 0.25) is 0 Å². The van der Waals surface area contributed by atoms with Crippen molar-refractivity contribution in [3.8, 4) is 0 Å². The van der Waals surface area contributed by atoms with Crippen molar-refractivity contribution < 1.29 is 39.1 Å². The van der Waals surface area contributed by atoms with E-state index in [1.54, 1.807) is 6.92 Å². The van der Waals surface area contributed by atoms with E-state index in [4.69, 9.17) is 14.2 Å². The van der Waals surface area contributed by atoms with E-state index in [1.807, 2.05) is 48.5 Å². The van der Waals surface area contributed by atoms with E-state index < -0.39 is 49.3 Å². The van der Waals surface area contributed by atoms with Gasteiger partial charge >= 0.3 is 11.9 Å². The average molecular weight is 602 g/mol. The van der Waals surface area contributed by atoms with E-state index in [0.717, 1.165) is 31.7 Å². The molecule has 11 nitrogen and oxygen atoms in total. The monoisotopic (exact) mass is 601 g/mol. The van der Waals surface area contributed by atoms with Crippen LogP contribution < -0.4 is 5.32 Å². The molecule has 0 bridgehead atoms. The number of hydrogen-bond acceptors (Lipinski definition) is 11. The van der Waals surface area contributed by atoms with Gasteiger partial charge in [0.05, 0.1) is 13.0 Å². The molecule has 0 radical (unpaired) electrons. The van der Waals surface area contributed by atoms with Gasteiger partial charge in [-0.15, -0.1) is 0 Å². The maximum absolute atomic E-state index is 12.9. The van der Waals surface area contributed by atoms with Crippen LogP contribution in [0.4, 0.5) is 0 Å². The van der Waals surface area contributed by atoms with Gasteiger partial charge in [0.1, 0.15) is 12.2 Å². The Labute approximate surface area is 254 Å². The highest BCUT2D eigenvalue weighted by molar-refractivity contribution is 5.71. The minimum atomic E-state index is -1.67. The van der Waals surface area contributed by atoms with E-state index in [-0.39, 0.29) is 12.8 Å². The summed E-state index contributed by atoms with van der Waals surface area (Å²) in [4.78, 5) is 29.5. The van der Waals surface area contributed by atoms with Crippen LogP contribution in [0.3, 0.4) is 0 Å². The first-order chi connectivity index (χ1) is 20.8. The predicted octanol–water partition coefficient (Wildman–Crippen LogP) is 1.29. The van der Waals surface area contributed by atoms with Crippen molar-refractivity contribution >= 4 is 11.9 Å². The maximum atomic E-state index is 12.9. The van der Waals surface area contributed by atoms with Gasteiger partial charge in [-0.3, -0.25) is 14.5 Å². The van der Waals surface area contributed by atoms with Gasteiger partial charge in [-0.05, 0) is 24.6 Å². The minimum Gasteiger partial charge on any atom is -0.455 e. The second-order valence-electron chi connectivity index (χ2n) is 10.9. The zero-order valence-corrected chi connectivity index (χ0v) is 25.2. The Morgan fingerprint density at radius 1 is 0.837 bits per heavy atom. The highest BCUT2D eigenvalue weighted by Gasteiger charge is 2.49. The van der Waals surface area contributed by atoms with Gasteiger partial charge in [-0.1, -0.05) is 67.6 Å². The standard InChI is InChI=1S/C32H47N3O8/c1-3-10-27(37)42-30-29(39)26(23-36)41-32(40)31(30)43-28(38)15-18-35(22-25-13-8-5-9-14-25)20-17-33-16-19-34(2)21-24-11-6-4-7-12-24/h4-9,11-14,26,29-33,36,39-40H,3,10,15-23H2,1-2H3/t26?,29-,30+,31?,32-/m1/s1. The van der Waals surface area contributed by atoms with Crippen molar-refractivity contribution in [3.63, 3.8) is 0 Å². The molecule has 1 fully saturated rings. The molecule has 0 saturated carbocycles. The number of likely N-dealkylation sites (N-methyl/N-ethyl adjacent to an activating group) is 1. The van der Waals surface area contributed by atoms with Crippen molar-refractivity contribution in [3.05, 3.63) is 71.8 Å². The predicted molar refractivity (Wildman–Crippen MR) is 161 cm³/mol. The molecule has 0 aromatic heterocycles. The zero-order valence-electron chi connectivity index (χ0n) is 25.2. The molecule has 4 N–H and O–H groups in total. The lowest BCUT2D eigenvalue weighted by Crippen LogP contribution is -2.61. The number of hydrogen-bond donors (Lipinski definition) is 4. The molecule has 1 saturated heterocycles. The van der Waals surface area contributed by atoms with Gasteiger partial charge in [0, 0.05) is 52.2 Å². The van der Waals surface area contributed by atoms with Crippen molar-refractivity contribution in [2.45, 2.75) is 70.0 Å². The summed E-state index contributed by atoms with van der Waals surface area (Å²) < 4.78 is 16.1. The van der Waals surface area contributed by atoms with E-state index in [9.17, 15) is 24.9 Å². The van der Waals surface area contributed by atoms with Crippen LogP contribution in [0.25, 0.3) is 0 Å². The normalized spacial score (nSPS) is 22.1. The van der Waals surface area contributed by atoms with Crippen molar-refractivity contribution in [2.75, 3.05) is 46.4 Å². The Morgan fingerprint density at radius 3 is 2.05 bits per heavy atom. The summed E-state index contributed by atoms with van der Waals surface area (Å²) in [5.74, 6) is -1.24. The van der Waals surface area contributed by atoms with Gasteiger partial charge in [-0.25, -0.2) is 0 Å². The van der Waals surface area contributed by atoms with Crippen LogP contribution in [-0.2, 0) is 36.9 Å². The number of carbonyl (C=O) groups is 2. The van der Waals surface area contributed by atoms with Crippen LogP contribution in [0.2, 0.25) is 0 Å². The van der Waals surface area contributed by atoms with Gasteiger partial charge in [0.15, 0.2) is 18.5 Å². The highest BCUT2D eigenvalue weighted by atomic mass is 16.7. The van der Waals surface area contributed by atoms with E-state index in [0.29, 0.717) is 26.1 Å². The van der Waals surface area contributed by atoms with Gasteiger partial charge in [0.25, 0.3) is 0 Å². The Kier molecular flexibility index (Phi) is 15.0. The number of ether oxygens (including phenoxy) is 3. The number of aliphatic hydroxyl groups is 3. The molecular formula is C32H47N3O8. The summed E-state index contributed by atoms with van der Waals surface area (Å²) >= 11 is 0. The summed E-state index contributed by atoms with van der Waals surface area (Å²) in [6.45, 7) is 6.20. The van der Waals surface area contributed by atoms with Crippen molar-refractivity contribution in [2.24, 2.45) is 0 Å². The van der Waals surface area contributed by atoms with Crippen LogP contribution in [-0.4, -0.2) is 114 Å². The van der Waals surface area contributed by atoms with Crippen LogP contribution in [0.5, 0.6) is 0 Å². The Bertz CT molecular complexity index is 1080. The van der Waals surface area contributed by atoms with Crippen molar-refractivity contribution in [1.29, 1.82) is 0 Å². The number of aliphatic hydroxyl groups excluding tert-OH is 3. The number of nitrogens with zero attached hydrogens (tertiary/aromatic N) is 2. The molecule has 5 atom stereocenters. The average Bonchev–Trinajstić information content (AvgIpc) is 3.00. The zero-order chi connectivity index (χ0) is 31.0. The Hall–Kier alpha value is -2.90. The fraction of sp³-hybridized carbons (Fsp3) is 0.562. The van der Waals surface area contributed by atoms with E-state index in [1.165, 1.54) is 5.56 Å². The fourth-order valence-corrected chi connectivity index (χ4v) is 4.91. The molecule has 0 amide bonds. The molecule has 0 aliphatic carbocycles. The molecule has 238 valence electrons. The van der Waals surface area contributed by atoms with Crippen LogP contribution in [0, 0.1) is 0 Å². The molecule has 1 aliphatic rings. The lowest BCUT2D eigenvalue weighted by molar-refractivity contribution is -0.293. The van der Waals surface area contributed by atoms with Gasteiger partial charge in [-0.2, -0.15) is 0 Å². The summed E-state index contributed by atoms with van der Waals surface area (Å²) in [5.41, 5.74) is 2.38. The molecule has 11 heteroatoms. The summed E-state index contributed by atoms with van der Waals surface area (Å²) in [5, 5.41) is 34.1.